The highest BCUT2D eigenvalue weighted by atomic mass is 32.2. The number of ether oxygens (including phenoxy) is 3. The maximum Gasteiger partial charge on any atom is 0.337 e. The average Bonchev–Trinajstić information content (AvgIpc) is 3.20. The van der Waals surface area contributed by atoms with E-state index in [0.29, 0.717) is 52.3 Å². The summed E-state index contributed by atoms with van der Waals surface area (Å²) in [7, 11) is -1.73. The zero-order valence-electron chi connectivity index (χ0n) is 18.7. The summed E-state index contributed by atoms with van der Waals surface area (Å²) < 4.78 is 46.3. The molecule has 2 aliphatic rings. The molecule has 1 fully saturated rings. The van der Waals surface area contributed by atoms with Crippen LogP contribution in [0.25, 0.3) is 11.0 Å². The molecule has 9 nitrogen and oxygen atoms in total. The molecule has 178 valence electrons. The van der Waals surface area contributed by atoms with Crippen molar-refractivity contribution in [2.45, 2.75) is 25.9 Å². The van der Waals surface area contributed by atoms with Gasteiger partial charge in [0, 0.05) is 12.6 Å². The van der Waals surface area contributed by atoms with Gasteiger partial charge >= 0.3 is 5.97 Å². The first-order valence-corrected chi connectivity index (χ1v) is 12.6. The van der Waals surface area contributed by atoms with Crippen molar-refractivity contribution in [2.75, 3.05) is 25.3 Å². The number of sulfone groups is 1. The van der Waals surface area contributed by atoms with Gasteiger partial charge in [0.2, 0.25) is 11.2 Å². The van der Waals surface area contributed by atoms with Crippen LogP contribution in [0.3, 0.4) is 0 Å². The summed E-state index contributed by atoms with van der Waals surface area (Å²) in [6, 6.07) is 9.48. The second kappa shape index (κ2) is 8.44. The Bertz CT molecular complexity index is 1440. The monoisotopic (exact) mass is 485 g/mol. The van der Waals surface area contributed by atoms with Gasteiger partial charge in [-0.2, -0.15) is 0 Å². The molecule has 10 heteroatoms. The zero-order valence-corrected chi connectivity index (χ0v) is 19.5. The molecule has 1 atom stereocenters. The van der Waals surface area contributed by atoms with Crippen LogP contribution in [0, 0.1) is 6.92 Å². The Kier molecular flexibility index (Phi) is 5.57. The summed E-state index contributed by atoms with van der Waals surface area (Å²) in [4.78, 5) is 26.9. The molecule has 0 saturated carbocycles. The van der Waals surface area contributed by atoms with Crippen LogP contribution in [-0.4, -0.2) is 50.7 Å². The van der Waals surface area contributed by atoms with E-state index < -0.39 is 15.8 Å². The van der Waals surface area contributed by atoms with E-state index in [9.17, 15) is 18.0 Å². The van der Waals surface area contributed by atoms with Crippen LogP contribution in [0.1, 0.15) is 28.1 Å². The molecule has 0 spiro atoms. The molecule has 0 bridgehead atoms. The number of aryl methyl sites for hydroxylation is 1. The topological polar surface area (TPSA) is 112 Å². The number of benzene rings is 2. The fourth-order valence-electron chi connectivity index (χ4n) is 4.38. The van der Waals surface area contributed by atoms with Gasteiger partial charge in [-0.25, -0.2) is 13.2 Å². The molecule has 0 amide bonds. The number of esters is 1. The molecular formula is C24H23NO8S. The van der Waals surface area contributed by atoms with Gasteiger partial charge < -0.3 is 18.6 Å². The average molecular weight is 486 g/mol. The van der Waals surface area contributed by atoms with E-state index in [-0.39, 0.29) is 35.5 Å². The van der Waals surface area contributed by atoms with E-state index >= 15 is 0 Å². The van der Waals surface area contributed by atoms with E-state index in [2.05, 4.69) is 4.74 Å². The fraction of sp³-hybridized carbons (Fsp3) is 0.333. The van der Waals surface area contributed by atoms with Gasteiger partial charge in [-0.1, -0.05) is 0 Å². The Morgan fingerprint density at radius 1 is 1.15 bits per heavy atom. The lowest BCUT2D eigenvalue weighted by Gasteiger charge is -2.33. The van der Waals surface area contributed by atoms with Crippen molar-refractivity contribution in [2.24, 2.45) is 0 Å². The van der Waals surface area contributed by atoms with Gasteiger partial charge in [0.05, 0.1) is 35.1 Å². The second-order valence-corrected chi connectivity index (χ2v) is 10.7. The third kappa shape index (κ3) is 4.03. The maximum absolute atomic E-state index is 13.3. The summed E-state index contributed by atoms with van der Waals surface area (Å²) in [5.41, 5.74) is 1.14. The highest BCUT2D eigenvalue weighted by Gasteiger charge is 2.35. The number of fused-ring (bicyclic) bond motifs is 3. The van der Waals surface area contributed by atoms with Crippen LogP contribution in [0.2, 0.25) is 0 Å². The van der Waals surface area contributed by atoms with Crippen LogP contribution < -0.4 is 14.9 Å². The van der Waals surface area contributed by atoms with Crippen molar-refractivity contribution in [1.29, 1.82) is 0 Å². The molecule has 0 aliphatic carbocycles. The lowest BCUT2D eigenvalue weighted by atomic mass is 10.1. The lowest BCUT2D eigenvalue weighted by molar-refractivity contribution is 0.0600. The number of carbonyl (C=O) groups excluding carboxylic acids is 1. The Labute approximate surface area is 195 Å². The third-order valence-electron chi connectivity index (χ3n) is 6.21. The Balaban J connectivity index is 1.47. The molecule has 0 N–H and O–H groups in total. The summed E-state index contributed by atoms with van der Waals surface area (Å²) in [5, 5.41) is 0.343. The first kappa shape index (κ1) is 22.4. The molecule has 34 heavy (non-hydrogen) atoms. The van der Waals surface area contributed by atoms with E-state index in [1.54, 1.807) is 43.3 Å². The van der Waals surface area contributed by atoms with Crippen LogP contribution in [0.5, 0.6) is 17.2 Å². The zero-order chi connectivity index (χ0) is 24.0. The van der Waals surface area contributed by atoms with E-state index in [0.717, 1.165) is 0 Å². The van der Waals surface area contributed by atoms with Gasteiger partial charge in [0.25, 0.3) is 0 Å². The molecular weight excluding hydrogens is 462 g/mol. The number of methoxy groups -OCH3 is 1. The quantitative estimate of drug-likeness (QED) is 0.515. The fourth-order valence-corrected chi connectivity index (χ4v) is 6.15. The summed E-state index contributed by atoms with van der Waals surface area (Å²) in [5.74, 6) is 1.14. The molecule has 3 aromatic rings. The molecule has 2 aromatic carbocycles. The van der Waals surface area contributed by atoms with Crippen LogP contribution in [-0.2, 0) is 21.1 Å². The largest absolute Gasteiger partial charge is 0.478 e. The minimum absolute atomic E-state index is 0.0498. The molecule has 0 radical (unpaired) electrons. The van der Waals surface area contributed by atoms with Crippen LogP contribution >= 0.6 is 0 Å². The number of hydrogen-bond donors (Lipinski definition) is 0. The Morgan fingerprint density at radius 3 is 2.59 bits per heavy atom. The second-order valence-electron chi connectivity index (χ2n) is 8.43. The Hall–Kier alpha value is -3.37. The summed E-state index contributed by atoms with van der Waals surface area (Å²) in [6.45, 7) is 2.35. The smallest absolute Gasteiger partial charge is 0.337 e. The van der Waals surface area contributed by atoms with Gasteiger partial charge in [-0.05, 0) is 49.7 Å². The van der Waals surface area contributed by atoms with Crippen LogP contribution in [0.4, 0.5) is 0 Å². The van der Waals surface area contributed by atoms with Gasteiger partial charge in [0.15, 0.2) is 9.84 Å². The first-order chi connectivity index (χ1) is 16.3. The van der Waals surface area contributed by atoms with Crippen molar-refractivity contribution >= 4 is 26.8 Å². The normalized spacial score (nSPS) is 19.4. The predicted molar refractivity (Wildman–Crippen MR) is 123 cm³/mol. The van der Waals surface area contributed by atoms with Crippen molar-refractivity contribution in [3.8, 4) is 17.2 Å². The molecule has 2 aliphatic heterocycles. The SMILES string of the molecule is COC(=O)c1ccc(Oc2c(C)oc3c4c(ccc3c2=O)OCN([C@H]2CCS(=O)(=O)C2)C4)cc1. The predicted octanol–water partition coefficient (Wildman–Crippen LogP) is 3.02. The van der Waals surface area contributed by atoms with Gasteiger partial charge in [-0.3, -0.25) is 9.69 Å². The van der Waals surface area contributed by atoms with E-state index in [1.807, 2.05) is 4.90 Å². The third-order valence-corrected chi connectivity index (χ3v) is 7.96. The standard InChI is InChI=1S/C24H23NO8S/c1-14-22(33-17-5-3-15(4-6-17)24(27)30-2)21(26)18-7-8-20-19(23(18)32-14)11-25(13-31-20)16-9-10-34(28,29)12-16/h3-8,16H,9-13H2,1-2H3/t16-/m0/s1. The lowest BCUT2D eigenvalue weighted by Crippen LogP contribution is -2.41. The highest BCUT2D eigenvalue weighted by Crippen LogP contribution is 2.35. The molecule has 0 unspecified atom stereocenters. The van der Waals surface area contributed by atoms with Crippen molar-refractivity contribution in [1.82, 2.24) is 4.90 Å². The molecule has 3 heterocycles. The Morgan fingerprint density at radius 2 is 1.91 bits per heavy atom. The summed E-state index contributed by atoms with van der Waals surface area (Å²) in [6.07, 6.45) is 0.557. The number of rotatable bonds is 4. The minimum Gasteiger partial charge on any atom is -0.478 e. The molecule has 1 aromatic heterocycles. The van der Waals surface area contributed by atoms with Crippen molar-refractivity contribution in [3.05, 3.63) is 63.5 Å². The molecule has 5 rings (SSSR count). The van der Waals surface area contributed by atoms with E-state index in [4.69, 9.17) is 13.9 Å². The summed E-state index contributed by atoms with van der Waals surface area (Å²) >= 11 is 0. The molecule has 1 saturated heterocycles. The van der Waals surface area contributed by atoms with E-state index in [1.165, 1.54) is 7.11 Å². The van der Waals surface area contributed by atoms with Crippen molar-refractivity contribution < 1.29 is 31.8 Å². The highest BCUT2D eigenvalue weighted by molar-refractivity contribution is 7.91. The number of hydrogen-bond acceptors (Lipinski definition) is 9. The van der Waals surface area contributed by atoms with Gasteiger partial charge in [-0.15, -0.1) is 0 Å². The van der Waals surface area contributed by atoms with Gasteiger partial charge in [0.1, 0.15) is 29.6 Å². The van der Waals surface area contributed by atoms with Crippen molar-refractivity contribution in [3.63, 3.8) is 0 Å². The minimum atomic E-state index is -3.04. The van der Waals surface area contributed by atoms with Crippen LogP contribution in [0.15, 0.2) is 45.6 Å². The first-order valence-electron chi connectivity index (χ1n) is 10.8. The maximum atomic E-state index is 13.3. The number of nitrogens with zero attached hydrogens (tertiary/aromatic N) is 1. The number of carbonyl (C=O) groups is 1.